The lowest BCUT2D eigenvalue weighted by Crippen LogP contribution is -2.52. The largest absolute Gasteiger partial charge is 0.356 e. The van der Waals surface area contributed by atoms with E-state index in [9.17, 15) is 4.79 Å². The monoisotopic (exact) mass is 370 g/mol. The first-order valence-electron chi connectivity index (χ1n) is 9.67. The molecule has 9 nitrogen and oxygen atoms in total. The summed E-state index contributed by atoms with van der Waals surface area (Å²) in [5.74, 6) is 1.85. The number of piperidine rings is 1. The number of carbonyl (C=O) groups excluding carboxylic acids is 1. The highest BCUT2D eigenvalue weighted by Crippen LogP contribution is 2.24. The molecule has 0 saturated carbocycles. The molecule has 0 aromatic carbocycles. The lowest BCUT2D eigenvalue weighted by Gasteiger charge is -2.39. The van der Waals surface area contributed by atoms with E-state index in [4.69, 9.17) is 0 Å². The number of carbonyl (C=O) groups is 1. The summed E-state index contributed by atoms with van der Waals surface area (Å²) >= 11 is 0. The van der Waals surface area contributed by atoms with Crippen molar-refractivity contribution in [3.8, 4) is 5.82 Å². The Balaban J connectivity index is 1.42. The molecule has 0 spiro atoms. The quantitative estimate of drug-likeness (QED) is 0.772. The standard InChI is InChI=1S/C18H26N8O/c1-2-23-6-8-24(9-7-23)18(27)15-4-3-5-25(11-15)16-10-17(21-13-20-16)26-14-19-12-22-26/h10,12-15H,2-9,11H2,1H3. The van der Waals surface area contributed by atoms with E-state index in [0.717, 1.165) is 57.9 Å². The zero-order valence-electron chi connectivity index (χ0n) is 15.7. The summed E-state index contributed by atoms with van der Waals surface area (Å²) in [6.07, 6.45) is 6.58. The molecule has 144 valence electrons. The second-order valence-corrected chi connectivity index (χ2v) is 7.12. The molecular weight excluding hydrogens is 344 g/mol. The number of likely N-dealkylation sites (N-methyl/N-ethyl adjacent to an activating group) is 1. The van der Waals surface area contributed by atoms with Gasteiger partial charge in [-0.2, -0.15) is 5.10 Å². The van der Waals surface area contributed by atoms with E-state index >= 15 is 0 Å². The van der Waals surface area contributed by atoms with E-state index in [0.29, 0.717) is 18.3 Å². The van der Waals surface area contributed by atoms with E-state index in [2.05, 4.69) is 36.8 Å². The third-order valence-corrected chi connectivity index (χ3v) is 5.52. The minimum absolute atomic E-state index is 0.0386. The van der Waals surface area contributed by atoms with Gasteiger partial charge in [0.25, 0.3) is 0 Å². The van der Waals surface area contributed by atoms with Gasteiger partial charge in [-0.1, -0.05) is 6.92 Å². The van der Waals surface area contributed by atoms with Crippen LogP contribution in [0.3, 0.4) is 0 Å². The third kappa shape index (κ3) is 3.92. The van der Waals surface area contributed by atoms with Crippen molar-refractivity contribution < 1.29 is 4.79 Å². The van der Waals surface area contributed by atoms with E-state index in [1.54, 1.807) is 17.3 Å². The molecule has 1 amide bonds. The van der Waals surface area contributed by atoms with Crippen molar-refractivity contribution in [2.24, 2.45) is 5.92 Å². The molecule has 1 atom stereocenters. The molecule has 2 aliphatic rings. The van der Waals surface area contributed by atoms with Gasteiger partial charge in [-0.25, -0.2) is 19.6 Å². The summed E-state index contributed by atoms with van der Waals surface area (Å²) in [5.41, 5.74) is 0. The number of piperazine rings is 1. The molecular formula is C18H26N8O. The fraction of sp³-hybridized carbons (Fsp3) is 0.611. The van der Waals surface area contributed by atoms with Crippen LogP contribution in [0.2, 0.25) is 0 Å². The van der Waals surface area contributed by atoms with Gasteiger partial charge in [-0.15, -0.1) is 0 Å². The van der Waals surface area contributed by atoms with E-state index in [1.165, 1.54) is 6.33 Å². The Labute approximate surface area is 159 Å². The number of hydrogen-bond acceptors (Lipinski definition) is 7. The van der Waals surface area contributed by atoms with Crippen LogP contribution in [0.5, 0.6) is 0 Å². The second kappa shape index (κ2) is 7.99. The summed E-state index contributed by atoms with van der Waals surface area (Å²) in [6, 6.07) is 1.90. The number of aromatic nitrogens is 5. The van der Waals surface area contributed by atoms with Crippen LogP contribution in [0.15, 0.2) is 25.0 Å². The van der Waals surface area contributed by atoms with Crippen molar-refractivity contribution >= 4 is 11.7 Å². The summed E-state index contributed by atoms with van der Waals surface area (Å²) in [7, 11) is 0. The second-order valence-electron chi connectivity index (χ2n) is 7.12. The first-order chi connectivity index (χ1) is 13.2. The Kier molecular flexibility index (Phi) is 5.28. The molecule has 2 fully saturated rings. The van der Waals surface area contributed by atoms with Gasteiger partial charge >= 0.3 is 0 Å². The van der Waals surface area contributed by atoms with E-state index < -0.39 is 0 Å². The molecule has 27 heavy (non-hydrogen) atoms. The highest BCUT2D eigenvalue weighted by Gasteiger charge is 2.31. The van der Waals surface area contributed by atoms with Crippen molar-refractivity contribution in [2.75, 3.05) is 50.7 Å². The number of amides is 1. The molecule has 9 heteroatoms. The highest BCUT2D eigenvalue weighted by atomic mass is 16.2. The molecule has 4 rings (SSSR count). The van der Waals surface area contributed by atoms with Gasteiger partial charge in [0.15, 0.2) is 5.82 Å². The van der Waals surface area contributed by atoms with Gasteiger partial charge in [0.1, 0.15) is 24.8 Å². The first kappa shape index (κ1) is 17.8. The molecule has 0 aliphatic carbocycles. The maximum Gasteiger partial charge on any atom is 0.227 e. The Bertz CT molecular complexity index is 756. The van der Waals surface area contributed by atoms with Gasteiger partial charge in [-0.05, 0) is 19.4 Å². The Morgan fingerprint density at radius 3 is 2.67 bits per heavy atom. The van der Waals surface area contributed by atoms with Crippen molar-refractivity contribution in [1.29, 1.82) is 0 Å². The van der Waals surface area contributed by atoms with Gasteiger partial charge in [0, 0.05) is 45.3 Å². The van der Waals surface area contributed by atoms with E-state index in [-0.39, 0.29) is 5.92 Å². The van der Waals surface area contributed by atoms with Crippen LogP contribution in [-0.4, -0.2) is 86.3 Å². The molecule has 1 unspecified atom stereocenters. The lowest BCUT2D eigenvalue weighted by molar-refractivity contribution is -0.137. The van der Waals surface area contributed by atoms with Crippen molar-refractivity contribution in [3.05, 3.63) is 25.0 Å². The van der Waals surface area contributed by atoms with Crippen molar-refractivity contribution in [2.45, 2.75) is 19.8 Å². The molecule has 0 radical (unpaired) electrons. The van der Waals surface area contributed by atoms with Crippen LogP contribution in [0.4, 0.5) is 5.82 Å². The van der Waals surface area contributed by atoms with Gasteiger partial charge in [-0.3, -0.25) is 4.79 Å². The number of anilines is 1. The molecule has 2 aromatic heterocycles. The van der Waals surface area contributed by atoms with Crippen LogP contribution in [-0.2, 0) is 4.79 Å². The molecule has 0 N–H and O–H groups in total. The lowest BCUT2D eigenvalue weighted by atomic mass is 9.96. The summed E-state index contributed by atoms with van der Waals surface area (Å²) in [4.78, 5) is 32.3. The average Bonchev–Trinajstić information content (AvgIpc) is 3.28. The number of hydrogen-bond donors (Lipinski definition) is 0. The average molecular weight is 370 g/mol. The van der Waals surface area contributed by atoms with Crippen LogP contribution >= 0.6 is 0 Å². The predicted molar refractivity (Wildman–Crippen MR) is 101 cm³/mol. The number of rotatable bonds is 4. The van der Waals surface area contributed by atoms with Crippen LogP contribution < -0.4 is 4.90 Å². The van der Waals surface area contributed by atoms with Gasteiger partial charge in [0.2, 0.25) is 5.91 Å². The summed E-state index contributed by atoms with van der Waals surface area (Å²) < 4.78 is 1.62. The molecule has 2 saturated heterocycles. The zero-order chi connectivity index (χ0) is 18.6. The van der Waals surface area contributed by atoms with Gasteiger partial charge in [0.05, 0.1) is 5.92 Å². The summed E-state index contributed by atoms with van der Waals surface area (Å²) in [5, 5.41) is 4.12. The van der Waals surface area contributed by atoms with Crippen LogP contribution in [0.1, 0.15) is 19.8 Å². The SMILES string of the molecule is CCN1CCN(C(=O)C2CCCN(c3cc(-n4cncn4)ncn3)C2)CC1. The number of nitrogens with zero attached hydrogens (tertiary/aromatic N) is 8. The fourth-order valence-electron chi connectivity index (χ4n) is 3.89. The molecule has 4 heterocycles. The molecule has 0 bridgehead atoms. The zero-order valence-corrected chi connectivity index (χ0v) is 15.7. The minimum atomic E-state index is 0.0386. The first-order valence-corrected chi connectivity index (χ1v) is 9.67. The Hall–Kier alpha value is -2.55. The maximum absolute atomic E-state index is 13.0. The smallest absolute Gasteiger partial charge is 0.227 e. The molecule has 2 aromatic rings. The van der Waals surface area contributed by atoms with E-state index in [1.807, 2.05) is 11.0 Å². The van der Waals surface area contributed by atoms with Crippen molar-refractivity contribution in [1.82, 2.24) is 34.5 Å². The Morgan fingerprint density at radius 2 is 1.93 bits per heavy atom. The third-order valence-electron chi connectivity index (χ3n) is 5.52. The summed E-state index contributed by atoms with van der Waals surface area (Å²) in [6.45, 7) is 8.48. The normalized spacial score (nSPS) is 21.4. The van der Waals surface area contributed by atoms with Crippen molar-refractivity contribution in [3.63, 3.8) is 0 Å². The van der Waals surface area contributed by atoms with Gasteiger partial charge < -0.3 is 14.7 Å². The topological polar surface area (TPSA) is 83.3 Å². The Morgan fingerprint density at radius 1 is 1.11 bits per heavy atom. The molecule has 2 aliphatic heterocycles. The maximum atomic E-state index is 13.0. The fourth-order valence-corrected chi connectivity index (χ4v) is 3.89. The van der Waals surface area contributed by atoms with Crippen LogP contribution in [0.25, 0.3) is 5.82 Å². The highest BCUT2D eigenvalue weighted by molar-refractivity contribution is 5.80. The van der Waals surface area contributed by atoms with Crippen LogP contribution in [0, 0.1) is 5.92 Å². The minimum Gasteiger partial charge on any atom is -0.356 e. The predicted octanol–water partition coefficient (Wildman–Crippen LogP) is 0.438.